The Hall–Kier alpha value is -3.07. The van der Waals surface area contributed by atoms with Gasteiger partial charge < -0.3 is 15.0 Å². The van der Waals surface area contributed by atoms with E-state index in [1.165, 1.54) is 4.31 Å². The molecule has 2 amide bonds. The van der Waals surface area contributed by atoms with E-state index < -0.39 is 16.1 Å². The van der Waals surface area contributed by atoms with E-state index in [-0.39, 0.29) is 37.2 Å². The van der Waals surface area contributed by atoms with Gasteiger partial charge in [-0.05, 0) is 55.5 Å². The smallest absolute Gasteiger partial charge is 0.242 e. The van der Waals surface area contributed by atoms with Crippen molar-refractivity contribution >= 4 is 27.5 Å². The summed E-state index contributed by atoms with van der Waals surface area (Å²) in [7, 11) is -1.94. The Morgan fingerprint density at radius 1 is 1.08 bits per heavy atom. The van der Waals surface area contributed by atoms with Crippen LogP contribution in [0, 0.1) is 12.8 Å². The maximum Gasteiger partial charge on any atom is 0.242 e. The van der Waals surface area contributed by atoms with Crippen molar-refractivity contribution in [3.8, 4) is 5.75 Å². The Kier molecular flexibility index (Phi) is 11.4. The minimum absolute atomic E-state index is 0.107. The SMILES string of the molecule is CCC(C(=O)NCC(C)C)N(Cc1cccc(OC)c1)C(=O)CCCN(c1ccc(C)cc1)S(C)(=O)=O. The maximum absolute atomic E-state index is 13.5. The molecule has 0 aromatic heterocycles. The van der Waals surface area contributed by atoms with E-state index in [9.17, 15) is 18.0 Å². The van der Waals surface area contributed by atoms with E-state index in [0.717, 1.165) is 17.4 Å². The van der Waals surface area contributed by atoms with Crippen molar-refractivity contribution in [2.75, 3.05) is 30.8 Å². The third-order valence-corrected chi connectivity index (χ3v) is 7.23. The Labute approximate surface area is 222 Å². The maximum atomic E-state index is 13.5. The van der Waals surface area contributed by atoms with E-state index in [0.29, 0.717) is 30.8 Å². The van der Waals surface area contributed by atoms with Gasteiger partial charge >= 0.3 is 0 Å². The Morgan fingerprint density at radius 3 is 2.32 bits per heavy atom. The lowest BCUT2D eigenvalue weighted by Gasteiger charge is -2.31. The van der Waals surface area contributed by atoms with E-state index in [1.54, 1.807) is 24.1 Å². The number of hydrogen-bond acceptors (Lipinski definition) is 5. The van der Waals surface area contributed by atoms with Gasteiger partial charge in [-0.2, -0.15) is 0 Å². The summed E-state index contributed by atoms with van der Waals surface area (Å²) < 4.78 is 31.6. The first kappa shape index (κ1) is 30.2. The number of carbonyl (C=O) groups is 2. The highest BCUT2D eigenvalue weighted by Crippen LogP contribution is 2.21. The first-order valence-corrected chi connectivity index (χ1v) is 14.6. The first-order valence-electron chi connectivity index (χ1n) is 12.7. The normalized spacial score (nSPS) is 12.2. The fourth-order valence-corrected chi connectivity index (χ4v) is 4.99. The number of rotatable bonds is 14. The van der Waals surface area contributed by atoms with Crippen LogP contribution in [0.5, 0.6) is 5.75 Å². The predicted molar refractivity (Wildman–Crippen MR) is 148 cm³/mol. The summed E-state index contributed by atoms with van der Waals surface area (Å²) in [4.78, 5) is 28.1. The minimum Gasteiger partial charge on any atom is -0.497 e. The summed E-state index contributed by atoms with van der Waals surface area (Å²) in [5.41, 5.74) is 2.44. The molecule has 1 atom stereocenters. The molecular weight excluding hydrogens is 490 g/mol. The van der Waals surface area contributed by atoms with Gasteiger partial charge in [-0.1, -0.05) is 50.6 Å². The number of carbonyl (C=O) groups excluding carboxylic acids is 2. The topological polar surface area (TPSA) is 96.0 Å². The van der Waals surface area contributed by atoms with Crippen molar-refractivity contribution in [1.82, 2.24) is 10.2 Å². The van der Waals surface area contributed by atoms with Crippen molar-refractivity contribution in [2.45, 2.75) is 59.5 Å². The van der Waals surface area contributed by atoms with E-state index >= 15 is 0 Å². The van der Waals surface area contributed by atoms with Gasteiger partial charge in [0.1, 0.15) is 11.8 Å². The molecule has 1 N–H and O–H groups in total. The quantitative estimate of drug-likeness (QED) is 0.396. The molecule has 9 heteroatoms. The van der Waals surface area contributed by atoms with E-state index in [1.807, 2.05) is 64.1 Å². The molecule has 0 aliphatic carbocycles. The number of aryl methyl sites for hydroxylation is 1. The molecule has 0 fully saturated rings. The zero-order valence-corrected chi connectivity index (χ0v) is 23.7. The number of hydrogen-bond donors (Lipinski definition) is 1. The van der Waals surface area contributed by atoms with Gasteiger partial charge in [-0.15, -0.1) is 0 Å². The van der Waals surface area contributed by atoms with Crippen molar-refractivity contribution < 1.29 is 22.7 Å². The molecule has 0 bridgehead atoms. The van der Waals surface area contributed by atoms with Crippen LogP contribution in [0.1, 0.15) is 51.2 Å². The molecule has 0 aliphatic rings. The van der Waals surface area contributed by atoms with Gasteiger partial charge in [0.25, 0.3) is 0 Å². The molecule has 2 aromatic rings. The largest absolute Gasteiger partial charge is 0.497 e. The number of methoxy groups -OCH3 is 1. The highest BCUT2D eigenvalue weighted by molar-refractivity contribution is 7.92. The number of nitrogens with one attached hydrogen (secondary N) is 1. The number of anilines is 1. The summed E-state index contributed by atoms with van der Waals surface area (Å²) in [6.45, 7) is 8.79. The van der Waals surface area contributed by atoms with Crippen LogP contribution in [0.2, 0.25) is 0 Å². The number of nitrogens with zero attached hydrogens (tertiary/aromatic N) is 2. The molecule has 0 spiro atoms. The van der Waals surface area contributed by atoms with Crippen LogP contribution in [0.15, 0.2) is 48.5 Å². The van der Waals surface area contributed by atoms with Crippen LogP contribution in [-0.4, -0.2) is 57.6 Å². The third-order valence-electron chi connectivity index (χ3n) is 6.03. The lowest BCUT2D eigenvalue weighted by Crippen LogP contribution is -2.49. The highest BCUT2D eigenvalue weighted by atomic mass is 32.2. The van der Waals surface area contributed by atoms with Crippen LogP contribution < -0.4 is 14.4 Å². The molecule has 0 heterocycles. The average molecular weight is 532 g/mol. The number of ether oxygens (including phenoxy) is 1. The van der Waals surface area contributed by atoms with Crippen LogP contribution >= 0.6 is 0 Å². The van der Waals surface area contributed by atoms with Gasteiger partial charge in [0.05, 0.1) is 19.1 Å². The predicted octanol–water partition coefficient (Wildman–Crippen LogP) is 4.13. The van der Waals surface area contributed by atoms with Crippen LogP contribution in [0.25, 0.3) is 0 Å². The van der Waals surface area contributed by atoms with Gasteiger partial charge in [-0.3, -0.25) is 13.9 Å². The van der Waals surface area contributed by atoms with Crippen molar-refractivity contribution in [3.05, 3.63) is 59.7 Å². The molecule has 0 aliphatic heterocycles. The second kappa shape index (κ2) is 14.0. The average Bonchev–Trinajstić information content (AvgIpc) is 2.85. The Morgan fingerprint density at radius 2 is 1.76 bits per heavy atom. The standard InChI is InChI=1S/C28H41N3O5S/c1-7-26(28(33)29-19-21(2)3)30(20-23-10-8-11-25(18-23)36-5)27(32)12-9-17-31(37(6,34)35)24-15-13-22(4)14-16-24/h8,10-11,13-16,18,21,26H,7,9,12,17,19-20H2,1-6H3,(H,29,33). The van der Waals surface area contributed by atoms with Gasteiger partial charge in [0.2, 0.25) is 21.8 Å². The van der Waals surface area contributed by atoms with Gasteiger partial charge in [0.15, 0.2) is 0 Å². The molecular formula is C28H41N3O5S. The molecule has 8 nitrogen and oxygen atoms in total. The number of sulfonamides is 1. The fourth-order valence-electron chi connectivity index (χ4n) is 4.02. The lowest BCUT2D eigenvalue weighted by atomic mass is 10.1. The van der Waals surface area contributed by atoms with Crippen LogP contribution in [0.3, 0.4) is 0 Å². The summed E-state index contributed by atoms with van der Waals surface area (Å²) >= 11 is 0. The second-order valence-corrected chi connectivity index (χ2v) is 11.6. The fraction of sp³-hybridized carbons (Fsp3) is 0.500. The summed E-state index contributed by atoms with van der Waals surface area (Å²) in [5, 5.41) is 2.95. The molecule has 2 rings (SSSR count). The lowest BCUT2D eigenvalue weighted by molar-refractivity contribution is -0.141. The minimum atomic E-state index is -3.52. The van der Waals surface area contributed by atoms with Crippen molar-refractivity contribution in [2.24, 2.45) is 5.92 Å². The summed E-state index contributed by atoms with van der Waals surface area (Å²) in [6, 6.07) is 14.0. The van der Waals surface area contributed by atoms with Crippen molar-refractivity contribution in [3.63, 3.8) is 0 Å². The molecule has 0 saturated carbocycles. The van der Waals surface area contributed by atoms with Crippen LogP contribution in [-0.2, 0) is 26.2 Å². The second-order valence-electron chi connectivity index (χ2n) is 9.71. The Balaban J connectivity index is 2.22. The number of benzene rings is 2. The molecule has 37 heavy (non-hydrogen) atoms. The van der Waals surface area contributed by atoms with Gasteiger partial charge in [-0.25, -0.2) is 8.42 Å². The number of amides is 2. The van der Waals surface area contributed by atoms with E-state index in [4.69, 9.17) is 4.74 Å². The zero-order chi connectivity index (χ0) is 27.6. The monoisotopic (exact) mass is 531 g/mol. The third kappa shape index (κ3) is 9.39. The van der Waals surface area contributed by atoms with Crippen molar-refractivity contribution in [1.29, 1.82) is 0 Å². The van der Waals surface area contributed by atoms with E-state index in [2.05, 4.69) is 5.32 Å². The summed E-state index contributed by atoms with van der Waals surface area (Å²) in [5.74, 6) is 0.563. The zero-order valence-electron chi connectivity index (χ0n) is 22.9. The Bertz CT molecular complexity index is 1130. The molecule has 1 unspecified atom stereocenters. The van der Waals surface area contributed by atoms with Crippen LogP contribution in [0.4, 0.5) is 5.69 Å². The molecule has 0 saturated heterocycles. The molecule has 2 aromatic carbocycles. The summed E-state index contributed by atoms with van der Waals surface area (Å²) in [6.07, 6.45) is 2.04. The molecule has 0 radical (unpaired) electrons. The molecule has 204 valence electrons. The van der Waals surface area contributed by atoms with Gasteiger partial charge in [0, 0.05) is 26.1 Å². The highest BCUT2D eigenvalue weighted by Gasteiger charge is 2.29. The first-order chi connectivity index (χ1) is 17.5.